The third-order valence-electron chi connectivity index (χ3n) is 1.89. The van der Waals surface area contributed by atoms with Crippen LogP contribution in [0.1, 0.15) is 0 Å². The fourth-order valence-electron chi connectivity index (χ4n) is 1.23. The maximum Gasteiger partial charge on any atom is 0.178 e. The zero-order chi connectivity index (χ0) is 10.6. The molecule has 0 spiro atoms. The largest absolute Gasteiger partial charge is 0.495 e. The first-order valence-corrected chi connectivity index (χ1v) is 5.33. The molecule has 0 heterocycles. The van der Waals surface area contributed by atoms with E-state index in [1.807, 2.05) is 18.4 Å². The van der Waals surface area contributed by atoms with Gasteiger partial charge in [0, 0.05) is 0 Å². The molecule has 0 unspecified atom stereocenters. The van der Waals surface area contributed by atoms with Crippen LogP contribution < -0.4 is 14.2 Å². The van der Waals surface area contributed by atoms with Crippen molar-refractivity contribution in [2.75, 3.05) is 27.6 Å². The van der Waals surface area contributed by atoms with Gasteiger partial charge in [0.1, 0.15) is 5.75 Å². The van der Waals surface area contributed by atoms with E-state index in [2.05, 4.69) is 0 Å². The highest BCUT2D eigenvalue weighted by Crippen LogP contribution is 2.42. The van der Waals surface area contributed by atoms with Crippen LogP contribution in [0.4, 0.5) is 0 Å². The molecule has 0 amide bonds. The van der Waals surface area contributed by atoms with Crippen molar-refractivity contribution < 1.29 is 14.2 Å². The Morgan fingerprint density at radius 2 is 1.50 bits per heavy atom. The molecule has 0 saturated heterocycles. The molecule has 0 saturated carbocycles. The molecule has 78 valence electrons. The molecule has 0 radical (unpaired) electrons. The second kappa shape index (κ2) is 5.00. The second-order valence-corrected chi connectivity index (χ2v) is 3.35. The van der Waals surface area contributed by atoms with E-state index < -0.39 is 0 Å². The molecule has 0 aliphatic heterocycles. The zero-order valence-electron chi connectivity index (χ0n) is 8.79. The molecule has 0 bridgehead atoms. The SMILES string of the molecule is COc1ccc(OC)c(SC)c1OC. The predicted molar refractivity (Wildman–Crippen MR) is 57.9 cm³/mol. The fraction of sp³-hybridized carbons (Fsp3) is 0.400. The van der Waals surface area contributed by atoms with Crippen molar-refractivity contribution >= 4 is 11.8 Å². The van der Waals surface area contributed by atoms with Gasteiger partial charge in [-0.15, -0.1) is 11.8 Å². The Bertz CT molecular complexity index is 281. The van der Waals surface area contributed by atoms with Crippen LogP contribution in [-0.2, 0) is 0 Å². The summed E-state index contributed by atoms with van der Waals surface area (Å²) in [4.78, 5) is 0.953. The van der Waals surface area contributed by atoms with E-state index in [1.54, 1.807) is 33.1 Å². The van der Waals surface area contributed by atoms with Crippen molar-refractivity contribution in [3.05, 3.63) is 12.1 Å². The van der Waals surface area contributed by atoms with E-state index in [0.717, 1.165) is 22.1 Å². The lowest BCUT2D eigenvalue weighted by molar-refractivity contribution is 0.337. The van der Waals surface area contributed by atoms with E-state index >= 15 is 0 Å². The second-order valence-electron chi connectivity index (χ2n) is 2.54. The minimum Gasteiger partial charge on any atom is -0.495 e. The Balaban J connectivity index is 3.28. The van der Waals surface area contributed by atoms with Gasteiger partial charge in [0.05, 0.1) is 26.2 Å². The van der Waals surface area contributed by atoms with Crippen LogP contribution in [0.2, 0.25) is 0 Å². The molecular formula is C10H14O3S. The molecule has 1 aromatic carbocycles. The highest BCUT2D eigenvalue weighted by Gasteiger charge is 2.14. The van der Waals surface area contributed by atoms with Crippen LogP contribution in [0.3, 0.4) is 0 Å². The average molecular weight is 214 g/mol. The van der Waals surface area contributed by atoms with Crippen LogP contribution >= 0.6 is 11.8 Å². The minimum atomic E-state index is 0.720. The molecule has 4 heteroatoms. The van der Waals surface area contributed by atoms with Gasteiger partial charge in [-0.3, -0.25) is 0 Å². The zero-order valence-corrected chi connectivity index (χ0v) is 9.60. The first kappa shape index (κ1) is 11.0. The molecule has 0 aliphatic rings. The van der Waals surface area contributed by atoms with Crippen LogP contribution in [0.25, 0.3) is 0 Å². The maximum absolute atomic E-state index is 5.27. The van der Waals surface area contributed by atoms with Gasteiger partial charge < -0.3 is 14.2 Å². The summed E-state index contributed by atoms with van der Waals surface area (Å²) in [5, 5.41) is 0. The van der Waals surface area contributed by atoms with Gasteiger partial charge in [-0.05, 0) is 18.4 Å². The van der Waals surface area contributed by atoms with Crippen LogP contribution in [0, 0.1) is 0 Å². The minimum absolute atomic E-state index is 0.720. The molecule has 1 aromatic rings. The topological polar surface area (TPSA) is 27.7 Å². The predicted octanol–water partition coefficient (Wildman–Crippen LogP) is 2.43. The van der Waals surface area contributed by atoms with Gasteiger partial charge in [0.15, 0.2) is 11.5 Å². The highest BCUT2D eigenvalue weighted by atomic mass is 32.2. The summed E-state index contributed by atoms with van der Waals surface area (Å²) in [6.07, 6.45) is 1.97. The van der Waals surface area contributed by atoms with Crippen molar-refractivity contribution in [1.29, 1.82) is 0 Å². The Morgan fingerprint density at radius 3 is 1.93 bits per heavy atom. The third-order valence-corrected chi connectivity index (χ3v) is 2.68. The van der Waals surface area contributed by atoms with E-state index in [4.69, 9.17) is 14.2 Å². The quantitative estimate of drug-likeness (QED) is 0.719. The number of methoxy groups -OCH3 is 3. The van der Waals surface area contributed by atoms with Crippen LogP contribution in [0.5, 0.6) is 17.2 Å². The van der Waals surface area contributed by atoms with Gasteiger partial charge in [0.2, 0.25) is 0 Å². The Morgan fingerprint density at radius 1 is 0.929 bits per heavy atom. The number of hydrogen-bond acceptors (Lipinski definition) is 4. The highest BCUT2D eigenvalue weighted by molar-refractivity contribution is 7.98. The number of ether oxygens (including phenoxy) is 3. The van der Waals surface area contributed by atoms with E-state index in [-0.39, 0.29) is 0 Å². The molecule has 3 nitrogen and oxygen atoms in total. The summed E-state index contributed by atoms with van der Waals surface area (Å²) in [6, 6.07) is 3.70. The Kier molecular flexibility index (Phi) is 3.95. The lowest BCUT2D eigenvalue weighted by Crippen LogP contribution is -1.95. The summed E-state index contributed by atoms with van der Waals surface area (Å²) in [6.45, 7) is 0. The summed E-state index contributed by atoms with van der Waals surface area (Å²) in [5.74, 6) is 2.24. The lowest BCUT2D eigenvalue weighted by Gasteiger charge is -2.14. The van der Waals surface area contributed by atoms with Gasteiger partial charge in [0.25, 0.3) is 0 Å². The van der Waals surface area contributed by atoms with Crippen LogP contribution in [0.15, 0.2) is 17.0 Å². The normalized spacial score (nSPS) is 9.71. The first-order chi connectivity index (χ1) is 6.78. The fourth-order valence-corrected chi connectivity index (χ4v) is 1.96. The van der Waals surface area contributed by atoms with Crippen molar-refractivity contribution in [1.82, 2.24) is 0 Å². The van der Waals surface area contributed by atoms with E-state index in [0.29, 0.717) is 0 Å². The monoisotopic (exact) mass is 214 g/mol. The van der Waals surface area contributed by atoms with Crippen molar-refractivity contribution in [2.45, 2.75) is 4.90 Å². The molecule has 0 aliphatic carbocycles. The van der Waals surface area contributed by atoms with Gasteiger partial charge >= 0.3 is 0 Å². The number of rotatable bonds is 4. The summed E-state index contributed by atoms with van der Waals surface area (Å²) < 4.78 is 15.7. The summed E-state index contributed by atoms with van der Waals surface area (Å²) >= 11 is 1.57. The van der Waals surface area contributed by atoms with Crippen molar-refractivity contribution in [3.63, 3.8) is 0 Å². The standard InChI is InChI=1S/C10H14O3S/c1-11-7-5-6-8(12-2)10(14-4)9(7)13-3/h5-6H,1-4H3. The summed E-state index contributed by atoms with van der Waals surface area (Å²) in [5.41, 5.74) is 0. The third kappa shape index (κ3) is 1.90. The van der Waals surface area contributed by atoms with Gasteiger partial charge in [-0.25, -0.2) is 0 Å². The smallest absolute Gasteiger partial charge is 0.178 e. The summed E-state index contributed by atoms with van der Waals surface area (Å²) in [7, 11) is 4.88. The van der Waals surface area contributed by atoms with E-state index in [9.17, 15) is 0 Å². The Hall–Kier alpha value is -1.03. The molecular weight excluding hydrogens is 200 g/mol. The molecule has 0 N–H and O–H groups in total. The average Bonchev–Trinajstić information content (AvgIpc) is 2.26. The van der Waals surface area contributed by atoms with E-state index in [1.165, 1.54) is 0 Å². The molecule has 1 rings (SSSR count). The number of benzene rings is 1. The number of thioether (sulfide) groups is 1. The molecule has 0 fully saturated rings. The molecule has 0 aromatic heterocycles. The van der Waals surface area contributed by atoms with Crippen molar-refractivity contribution in [2.24, 2.45) is 0 Å². The lowest BCUT2D eigenvalue weighted by atomic mass is 10.3. The molecule has 14 heavy (non-hydrogen) atoms. The van der Waals surface area contributed by atoms with Crippen molar-refractivity contribution in [3.8, 4) is 17.2 Å². The molecule has 0 atom stereocenters. The first-order valence-electron chi connectivity index (χ1n) is 4.11. The van der Waals surface area contributed by atoms with Gasteiger partial charge in [-0.1, -0.05) is 0 Å². The number of hydrogen-bond donors (Lipinski definition) is 0. The van der Waals surface area contributed by atoms with Crippen LogP contribution in [-0.4, -0.2) is 27.6 Å². The van der Waals surface area contributed by atoms with Gasteiger partial charge in [-0.2, -0.15) is 0 Å². The Labute approximate surface area is 88.4 Å². The maximum atomic E-state index is 5.27.